The summed E-state index contributed by atoms with van der Waals surface area (Å²) in [6.45, 7) is 1.72. The summed E-state index contributed by atoms with van der Waals surface area (Å²) in [5, 5.41) is 9.75. The van der Waals surface area contributed by atoms with E-state index < -0.39 is 11.1 Å². The number of nitrogens with one attached hydrogen (secondary N) is 2. The quantitative estimate of drug-likeness (QED) is 0.661. The highest BCUT2D eigenvalue weighted by Gasteiger charge is 2.18. The predicted molar refractivity (Wildman–Crippen MR) is 95.0 cm³/mol. The van der Waals surface area contributed by atoms with E-state index in [1.807, 2.05) is 0 Å². The third kappa shape index (κ3) is 4.34. The molecule has 6 nitrogen and oxygen atoms in total. The van der Waals surface area contributed by atoms with E-state index in [2.05, 4.69) is 25.5 Å². The SMILES string of the molecule is C[C@@H](Sc1n[nH]c(-c2ccccc2F)n1)C(=O)Nc1ccc(Cl)cn1. The highest BCUT2D eigenvalue weighted by atomic mass is 35.5. The summed E-state index contributed by atoms with van der Waals surface area (Å²) in [5.74, 6) is 0.0725. The van der Waals surface area contributed by atoms with Crippen LogP contribution in [-0.2, 0) is 4.79 Å². The van der Waals surface area contributed by atoms with Crippen LogP contribution in [0.5, 0.6) is 0 Å². The molecule has 0 aliphatic carbocycles. The Balaban J connectivity index is 1.65. The Kier molecular flexibility index (Phi) is 5.30. The topological polar surface area (TPSA) is 83.6 Å². The first-order valence-corrected chi connectivity index (χ1v) is 8.55. The summed E-state index contributed by atoms with van der Waals surface area (Å²) < 4.78 is 13.8. The first-order valence-electron chi connectivity index (χ1n) is 7.29. The molecule has 25 heavy (non-hydrogen) atoms. The Hall–Kier alpha value is -2.45. The van der Waals surface area contributed by atoms with Crippen LogP contribution in [0.3, 0.4) is 0 Å². The molecule has 0 fully saturated rings. The van der Waals surface area contributed by atoms with Crippen molar-refractivity contribution in [3.8, 4) is 11.4 Å². The summed E-state index contributed by atoms with van der Waals surface area (Å²) in [6.07, 6.45) is 1.45. The fraction of sp³-hybridized carbons (Fsp3) is 0.125. The van der Waals surface area contributed by atoms with Gasteiger partial charge in [0.2, 0.25) is 11.1 Å². The number of aromatic amines is 1. The molecular formula is C16H13ClFN5OS. The monoisotopic (exact) mass is 377 g/mol. The highest BCUT2D eigenvalue weighted by molar-refractivity contribution is 8.00. The number of halogens is 2. The van der Waals surface area contributed by atoms with Crippen molar-refractivity contribution < 1.29 is 9.18 Å². The van der Waals surface area contributed by atoms with Crippen molar-refractivity contribution in [3.05, 3.63) is 53.4 Å². The maximum atomic E-state index is 13.8. The molecule has 1 atom stereocenters. The van der Waals surface area contributed by atoms with Crippen LogP contribution < -0.4 is 5.32 Å². The van der Waals surface area contributed by atoms with Crippen molar-refractivity contribution in [3.63, 3.8) is 0 Å². The zero-order chi connectivity index (χ0) is 17.8. The molecule has 0 aliphatic heterocycles. The van der Waals surface area contributed by atoms with Gasteiger partial charge in [-0.15, -0.1) is 5.10 Å². The number of carbonyl (C=O) groups excluding carboxylic acids is 1. The van der Waals surface area contributed by atoms with E-state index in [9.17, 15) is 9.18 Å². The van der Waals surface area contributed by atoms with E-state index in [4.69, 9.17) is 11.6 Å². The number of hydrogen-bond acceptors (Lipinski definition) is 5. The molecule has 0 spiro atoms. The maximum absolute atomic E-state index is 13.8. The molecule has 1 amide bonds. The first kappa shape index (κ1) is 17.4. The number of aromatic nitrogens is 4. The van der Waals surface area contributed by atoms with Gasteiger partial charge in [0.1, 0.15) is 11.6 Å². The van der Waals surface area contributed by atoms with Crippen LogP contribution in [0.15, 0.2) is 47.8 Å². The van der Waals surface area contributed by atoms with E-state index in [1.54, 1.807) is 37.3 Å². The molecule has 0 saturated heterocycles. The molecule has 0 aliphatic rings. The van der Waals surface area contributed by atoms with Crippen molar-refractivity contribution in [1.29, 1.82) is 0 Å². The molecule has 0 saturated carbocycles. The summed E-state index contributed by atoms with van der Waals surface area (Å²) in [5.41, 5.74) is 0.323. The van der Waals surface area contributed by atoms with Crippen LogP contribution in [0.25, 0.3) is 11.4 Å². The van der Waals surface area contributed by atoms with Gasteiger partial charge in [-0.1, -0.05) is 35.5 Å². The van der Waals surface area contributed by atoms with Gasteiger partial charge in [-0.25, -0.2) is 14.4 Å². The molecule has 2 heterocycles. The third-order valence-electron chi connectivity index (χ3n) is 3.22. The van der Waals surface area contributed by atoms with Gasteiger partial charge in [0.25, 0.3) is 0 Å². The van der Waals surface area contributed by atoms with Crippen molar-refractivity contribution in [2.75, 3.05) is 5.32 Å². The smallest absolute Gasteiger partial charge is 0.238 e. The second-order valence-electron chi connectivity index (χ2n) is 5.06. The number of nitrogens with zero attached hydrogens (tertiary/aromatic N) is 3. The van der Waals surface area contributed by atoms with Crippen molar-refractivity contribution in [1.82, 2.24) is 20.2 Å². The molecule has 0 radical (unpaired) electrons. The van der Waals surface area contributed by atoms with Gasteiger partial charge in [-0.2, -0.15) is 0 Å². The Labute approximate surface area is 152 Å². The number of thioether (sulfide) groups is 1. The molecule has 128 valence electrons. The molecule has 1 aromatic carbocycles. The van der Waals surface area contributed by atoms with E-state index in [1.165, 1.54) is 12.3 Å². The van der Waals surface area contributed by atoms with E-state index >= 15 is 0 Å². The number of anilines is 1. The Morgan fingerprint density at radius 1 is 1.32 bits per heavy atom. The number of amides is 1. The normalized spacial score (nSPS) is 12.0. The summed E-state index contributed by atoms with van der Waals surface area (Å²) in [4.78, 5) is 20.4. The maximum Gasteiger partial charge on any atom is 0.238 e. The highest BCUT2D eigenvalue weighted by Crippen LogP contribution is 2.24. The van der Waals surface area contributed by atoms with Crippen LogP contribution >= 0.6 is 23.4 Å². The molecule has 3 aromatic rings. The summed E-state index contributed by atoms with van der Waals surface area (Å²) >= 11 is 6.91. The minimum absolute atomic E-state index is 0.253. The van der Waals surface area contributed by atoms with Crippen LogP contribution in [-0.4, -0.2) is 31.3 Å². The molecule has 9 heteroatoms. The lowest BCUT2D eigenvalue weighted by atomic mass is 10.2. The standard InChI is InChI=1S/C16H13ClFN5OS/c1-9(15(24)20-13-7-6-10(17)8-19-13)25-16-21-14(22-23-16)11-4-2-3-5-12(11)18/h2-9H,1H3,(H,19,20,24)(H,21,22,23)/t9-/m1/s1. The zero-order valence-electron chi connectivity index (χ0n) is 13.0. The van der Waals surface area contributed by atoms with Gasteiger partial charge in [-0.3, -0.25) is 9.89 Å². The Morgan fingerprint density at radius 2 is 2.12 bits per heavy atom. The molecule has 3 rings (SSSR count). The Morgan fingerprint density at radius 3 is 2.84 bits per heavy atom. The van der Waals surface area contributed by atoms with Crippen LogP contribution in [0, 0.1) is 5.82 Å². The van der Waals surface area contributed by atoms with Crippen molar-refractivity contribution in [2.45, 2.75) is 17.3 Å². The van der Waals surface area contributed by atoms with Crippen molar-refractivity contribution >= 4 is 35.1 Å². The van der Waals surface area contributed by atoms with Gasteiger partial charge >= 0.3 is 0 Å². The predicted octanol–water partition coefficient (Wildman–Crippen LogP) is 3.78. The van der Waals surface area contributed by atoms with E-state index in [-0.39, 0.29) is 5.91 Å². The number of carbonyl (C=O) groups is 1. The average Bonchev–Trinajstić information content (AvgIpc) is 3.05. The van der Waals surface area contributed by atoms with Crippen LogP contribution in [0.2, 0.25) is 5.02 Å². The minimum Gasteiger partial charge on any atom is -0.310 e. The molecular weight excluding hydrogens is 365 g/mol. The molecule has 0 unspecified atom stereocenters. The van der Waals surface area contributed by atoms with E-state index in [0.29, 0.717) is 27.4 Å². The van der Waals surface area contributed by atoms with Gasteiger partial charge in [0, 0.05) is 6.20 Å². The second kappa shape index (κ2) is 7.62. The van der Waals surface area contributed by atoms with Crippen LogP contribution in [0.1, 0.15) is 6.92 Å². The third-order valence-corrected chi connectivity index (χ3v) is 4.41. The number of benzene rings is 1. The molecule has 2 N–H and O–H groups in total. The Bertz CT molecular complexity index is 886. The van der Waals surface area contributed by atoms with Crippen LogP contribution in [0.4, 0.5) is 10.2 Å². The second-order valence-corrected chi connectivity index (χ2v) is 6.80. The number of hydrogen-bond donors (Lipinski definition) is 2. The van der Waals surface area contributed by atoms with Crippen molar-refractivity contribution in [2.24, 2.45) is 0 Å². The largest absolute Gasteiger partial charge is 0.310 e. The first-order chi connectivity index (χ1) is 12.0. The molecule has 0 bridgehead atoms. The lowest BCUT2D eigenvalue weighted by molar-refractivity contribution is -0.115. The summed E-state index contributed by atoms with van der Waals surface area (Å²) in [6, 6.07) is 9.51. The number of H-pyrrole nitrogens is 1. The zero-order valence-corrected chi connectivity index (χ0v) is 14.6. The lowest BCUT2D eigenvalue weighted by Gasteiger charge is -2.09. The number of pyridine rings is 1. The minimum atomic E-state index is -0.471. The van der Waals surface area contributed by atoms with E-state index in [0.717, 1.165) is 11.8 Å². The fourth-order valence-corrected chi connectivity index (χ4v) is 2.80. The van der Waals surface area contributed by atoms with Gasteiger partial charge < -0.3 is 5.32 Å². The molecule has 2 aromatic heterocycles. The van der Waals surface area contributed by atoms with Gasteiger partial charge in [0.05, 0.1) is 15.8 Å². The summed E-state index contributed by atoms with van der Waals surface area (Å²) in [7, 11) is 0. The van der Waals surface area contributed by atoms with Gasteiger partial charge in [0.15, 0.2) is 5.82 Å². The lowest BCUT2D eigenvalue weighted by Crippen LogP contribution is -2.23. The fourth-order valence-electron chi connectivity index (χ4n) is 1.96. The number of rotatable bonds is 5. The van der Waals surface area contributed by atoms with Gasteiger partial charge in [-0.05, 0) is 31.2 Å². The average molecular weight is 378 g/mol.